The molecule has 0 fully saturated rings. The van der Waals surface area contributed by atoms with Gasteiger partial charge in [-0.2, -0.15) is 0 Å². The lowest BCUT2D eigenvalue weighted by molar-refractivity contribution is 0.0964. The van der Waals surface area contributed by atoms with E-state index < -0.39 is 15.8 Å². The molecule has 10 heteroatoms. The van der Waals surface area contributed by atoms with E-state index in [1.54, 1.807) is 24.5 Å². The van der Waals surface area contributed by atoms with E-state index in [1.165, 1.54) is 42.7 Å². The molecule has 0 spiro atoms. The van der Waals surface area contributed by atoms with Gasteiger partial charge in [0.2, 0.25) is 10.0 Å². The SMILES string of the molecule is CNC(=O)c1c(-c2ccc(F)cc2)oc2cc(N(C)S(C)(=O)=O)c(-c3ccc4[nH]cc(-c5ccncc5)c4c3)cc12. The lowest BCUT2D eigenvalue weighted by atomic mass is 9.96. The Labute approximate surface area is 235 Å². The van der Waals surface area contributed by atoms with Crippen LogP contribution < -0.4 is 9.62 Å². The average Bonchev–Trinajstić information content (AvgIpc) is 3.57. The number of H-pyrrole nitrogens is 1. The molecule has 0 aliphatic rings. The summed E-state index contributed by atoms with van der Waals surface area (Å²) in [6.45, 7) is 0. The van der Waals surface area contributed by atoms with Crippen LogP contribution >= 0.6 is 0 Å². The van der Waals surface area contributed by atoms with E-state index in [0.29, 0.717) is 27.8 Å². The Balaban J connectivity index is 1.64. The summed E-state index contributed by atoms with van der Waals surface area (Å²) in [5.41, 5.74) is 5.66. The Morgan fingerprint density at radius 2 is 1.63 bits per heavy atom. The maximum atomic E-state index is 13.7. The Hall–Kier alpha value is -4.96. The highest BCUT2D eigenvalue weighted by molar-refractivity contribution is 7.92. The van der Waals surface area contributed by atoms with Crippen LogP contribution in [0, 0.1) is 5.82 Å². The predicted molar refractivity (Wildman–Crippen MR) is 159 cm³/mol. The zero-order chi connectivity index (χ0) is 28.9. The fraction of sp³-hybridized carbons (Fsp3) is 0.0968. The van der Waals surface area contributed by atoms with Crippen molar-refractivity contribution in [2.45, 2.75) is 0 Å². The Bertz CT molecular complexity index is 2050. The van der Waals surface area contributed by atoms with Crippen molar-refractivity contribution in [1.82, 2.24) is 15.3 Å². The molecule has 8 nitrogen and oxygen atoms in total. The number of aromatic nitrogens is 2. The van der Waals surface area contributed by atoms with Crippen molar-refractivity contribution < 1.29 is 22.0 Å². The van der Waals surface area contributed by atoms with Gasteiger partial charge < -0.3 is 14.7 Å². The number of nitrogens with zero attached hydrogens (tertiary/aromatic N) is 2. The third-order valence-electron chi connectivity index (χ3n) is 7.19. The lowest BCUT2D eigenvalue weighted by Crippen LogP contribution is -2.25. The van der Waals surface area contributed by atoms with E-state index in [4.69, 9.17) is 4.42 Å². The van der Waals surface area contributed by atoms with Crippen molar-refractivity contribution in [2.75, 3.05) is 24.7 Å². The largest absolute Gasteiger partial charge is 0.455 e. The summed E-state index contributed by atoms with van der Waals surface area (Å²) < 4.78 is 46.5. The molecule has 0 aliphatic heterocycles. The topological polar surface area (TPSA) is 108 Å². The van der Waals surface area contributed by atoms with Gasteiger partial charge in [-0.3, -0.25) is 14.1 Å². The van der Waals surface area contributed by atoms with Crippen LogP contribution in [0.4, 0.5) is 10.1 Å². The van der Waals surface area contributed by atoms with Gasteiger partial charge in [-0.25, -0.2) is 12.8 Å². The summed E-state index contributed by atoms with van der Waals surface area (Å²) >= 11 is 0. The van der Waals surface area contributed by atoms with Crippen LogP contribution in [0.15, 0.2) is 89.7 Å². The van der Waals surface area contributed by atoms with Crippen LogP contribution in [-0.2, 0) is 10.0 Å². The minimum atomic E-state index is -3.66. The number of furan rings is 1. The molecule has 1 amide bonds. The summed E-state index contributed by atoms with van der Waals surface area (Å²) in [5, 5.41) is 4.09. The van der Waals surface area contributed by atoms with E-state index in [-0.39, 0.29) is 17.2 Å². The zero-order valence-corrected chi connectivity index (χ0v) is 23.2. The number of aromatic amines is 1. The molecule has 0 unspecified atom stereocenters. The average molecular weight is 569 g/mol. The number of carbonyl (C=O) groups is 1. The molecule has 0 saturated carbocycles. The highest BCUT2D eigenvalue weighted by Crippen LogP contribution is 2.42. The van der Waals surface area contributed by atoms with Crippen molar-refractivity contribution in [1.29, 1.82) is 0 Å². The monoisotopic (exact) mass is 568 g/mol. The summed E-state index contributed by atoms with van der Waals surface area (Å²) in [5.74, 6) is -0.554. The van der Waals surface area contributed by atoms with Crippen molar-refractivity contribution in [3.8, 4) is 33.6 Å². The summed E-state index contributed by atoms with van der Waals surface area (Å²) in [4.78, 5) is 20.6. The van der Waals surface area contributed by atoms with E-state index in [9.17, 15) is 17.6 Å². The lowest BCUT2D eigenvalue weighted by Gasteiger charge is -2.21. The number of fused-ring (bicyclic) bond motifs is 2. The molecule has 0 aliphatic carbocycles. The molecule has 6 rings (SSSR count). The van der Waals surface area contributed by atoms with Crippen molar-refractivity contribution in [3.63, 3.8) is 0 Å². The van der Waals surface area contributed by atoms with E-state index in [2.05, 4.69) is 15.3 Å². The van der Waals surface area contributed by atoms with Gasteiger partial charge in [-0.15, -0.1) is 0 Å². The Kier molecular flexibility index (Phi) is 6.34. The predicted octanol–water partition coefficient (Wildman–Crippen LogP) is 6.20. The van der Waals surface area contributed by atoms with Gasteiger partial charge in [-0.1, -0.05) is 6.07 Å². The molecular weight excluding hydrogens is 543 g/mol. The molecule has 0 bridgehead atoms. The number of hydrogen-bond acceptors (Lipinski definition) is 5. The molecular formula is C31H25FN4O4S. The fourth-order valence-electron chi connectivity index (χ4n) is 5.02. The highest BCUT2D eigenvalue weighted by Gasteiger charge is 2.26. The first-order chi connectivity index (χ1) is 19.7. The molecule has 6 aromatic rings. The number of anilines is 1. The molecule has 3 aromatic carbocycles. The van der Waals surface area contributed by atoms with Crippen LogP contribution in [0.1, 0.15) is 10.4 Å². The minimum absolute atomic E-state index is 0.255. The van der Waals surface area contributed by atoms with E-state index in [1.807, 2.05) is 36.5 Å². The van der Waals surface area contributed by atoms with Gasteiger partial charge in [-0.05, 0) is 65.7 Å². The number of amides is 1. The first-order valence-electron chi connectivity index (χ1n) is 12.7. The number of pyridine rings is 1. The maximum absolute atomic E-state index is 13.7. The van der Waals surface area contributed by atoms with Gasteiger partial charge in [0.15, 0.2) is 0 Å². The Morgan fingerprint density at radius 3 is 2.32 bits per heavy atom. The second kappa shape index (κ2) is 9.90. The van der Waals surface area contributed by atoms with E-state index >= 15 is 0 Å². The minimum Gasteiger partial charge on any atom is -0.455 e. The van der Waals surface area contributed by atoms with Crippen LogP contribution in [0.5, 0.6) is 0 Å². The number of sulfonamides is 1. The van der Waals surface area contributed by atoms with E-state index in [0.717, 1.165) is 33.8 Å². The molecule has 3 heterocycles. The standard InChI is InChI=1S/C31H25FN4O4S/c1-33-31(37)29-24-15-22(20-6-9-26-23(14-20)25(17-35-26)18-10-12-34-13-11-18)27(36(2)41(3,38)39)16-28(24)40-30(29)19-4-7-21(32)8-5-19/h4-17,35H,1-3H3,(H,33,37). The van der Waals surface area contributed by atoms with Crippen molar-refractivity contribution in [3.05, 3.63) is 96.7 Å². The molecule has 0 radical (unpaired) electrons. The number of nitrogens with one attached hydrogen (secondary N) is 2. The maximum Gasteiger partial charge on any atom is 0.255 e. The number of benzene rings is 3. The second-order valence-corrected chi connectivity index (χ2v) is 11.7. The van der Waals surface area contributed by atoms with Gasteiger partial charge in [0.25, 0.3) is 5.91 Å². The molecule has 2 N–H and O–H groups in total. The highest BCUT2D eigenvalue weighted by atomic mass is 32.2. The summed E-state index contributed by atoms with van der Waals surface area (Å²) in [6.07, 6.45) is 6.50. The van der Waals surface area contributed by atoms with Crippen LogP contribution in [0.25, 0.3) is 55.4 Å². The summed E-state index contributed by atoms with van der Waals surface area (Å²) in [6, 6.07) is 18.7. The van der Waals surface area contributed by atoms with Gasteiger partial charge in [0.05, 0.1) is 17.5 Å². The number of carbonyl (C=O) groups excluding carboxylic acids is 1. The Morgan fingerprint density at radius 1 is 0.927 bits per heavy atom. The zero-order valence-electron chi connectivity index (χ0n) is 22.4. The molecule has 0 saturated heterocycles. The molecule has 0 atom stereocenters. The number of halogens is 1. The first-order valence-corrected chi connectivity index (χ1v) is 14.5. The van der Waals surface area contributed by atoms with Gasteiger partial charge >= 0.3 is 0 Å². The van der Waals surface area contributed by atoms with Crippen LogP contribution in [0.2, 0.25) is 0 Å². The normalized spacial score (nSPS) is 11.7. The molecule has 41 heavy (non-hydrogen) atoms. The van der Waals surface area contributed by atoms with Crippen LogP contribution in [0.3, 0.4) is 0 Å². The van der Waals surface area contributed by atoms with Gasteiger partial charge in [0.1, 0.15) is 17.2 Å². The molecule has 3 aromatic heterocycles. The number of hydrogen-bond donors (Lipinski definition) is 2. The van der Waals surface area contributed by atoms with Crippen molar-refractivity contribution in [2.24, 2.45) is 0 Å². The third-order valence-corrected chi connectivity index (χ3v) is 8.38. The molecule has 206 valence electrons. The second-order valence-electron chi connectivity index (χ2n) is 9.69. The van der Waals surface area contributed by atoms with Crippen molar-refractivity contribution >= 4 is 43.5 Å². The van der Waals surface area contributed by atoms with Gasteiger partial charge in [0, 0.05) is 71.7 Å². The summed E-state index contributed by atoms with van der Waals surface area (Å²) in [7, 11) is -0.672. The first kappa shape index (κ1) is 26.3. The van der Waals surface area contributed by atoms with Crippen LogP contribution in [-0.4, -0.2) is 44.6 Å². The smallest absolute Gasteiger partial charge is 0.255 e. The number of rotatable bonds is 6. The third kappa shape index (κ3) is 4.62. The quantitative estimate of drug-likeness (QED) is 0.249. The fourth-order valence-corrected chi connectivity index (χ4v) is 5.52.